The van der Waals surface area contributed by atoms with Crippen molar-refractivity contribution in [1.82, 2.24) is 0 Å². The van der Waals surface area contributed by atoms with Gasteiger partial charge in [-0.05, 0) is 31.4 Å². The number of nitrogens with one attached hydrogen (secondary N) is 1. The number of amides is 1. The number of rotatable bonds is 5. The van der Waals surface area contributed by atoms with Gasteiger partial charge in [0.2, 0.25) is 5.91 Å². The third-order valence-electron chi connectivity index (χ3n) is 3.10. The first kappa shape index (κ1) is 12.9. The third-order valence-corrected chi connectivity index (χ3v) is 3.10. The maximum atomic E-state index is 11.8. The predicted octanol–water partition coefficient (Wildman–Crippen LogP) is 2.59. The molecule has 4 nitrogen and oxygen atoms in total. The molecule has 1 fully saturated rings. The summed E-state index contributed by atoms with van der Waals surface area (Å²) in [5.41, 5.74) is 0.720. The summed E-state index contributed by atoms with van der Waals surface area (Å²) in [5, 5.41) is 2.87. The number of hydrogen-bond acceptors (Lipinski definition) is 3. The lowest BCUT2D eigenvalue weighted by Gasteiger charge is -2.11. The van der Waals surface area contributed by atoms with Gasteiger partial charge in [-0.3, -0.25) is 4.79 Å². The van der Waals surface area contributed by atoms with Crippen LogP contribution in [0, 0.1) is 0 Å². The summed E-state index contributed by atoms with van der Waals surface area (Å²) in [6.45, 7) is 0.832. The van der Waals surface area contributed by atoms with Crippen molar-refractivity contribution >= 4 is 11.6 Å². The Hall–Kier alpha value is -1.55. The van der Waals surface area contributed by atoms with Gasteiger partial charge in [-0.25, -0.2) is 0 Å². The number of carbonyl (C=O) groups is 1. The summed E-state index contributed by atoms with van der Waals surface area (Å²) in [4.78, 5) is 11.8. The van der Waals surface area contributed by atoms with E-state index in [1.165, 1.54) is 0 Å². The van der Waals surface area contributed by atoms with Crippen LogP contribution >= 0.6 is 0 Å². The standard InChI is InChI=1S/C14H19NO3/c1-17-13-7-3-2-6-12(13)15-14(16)9-8-11-5-4-10-18-11/h2-3,6-7,11H,4-5,8-10H2,1H3,(H,15,16)/t11-/m0/s1. The largest absolute Gasteiger partial charge is 0.495 e. The van der Waals surface area contributed by atoms with E-state index < -0.39 is 0 Å². The van der Waals surface area contributed by atoms with Crippen LogP contribution in [-0.2, 0) is 9.53 Å². The molecule has 1 saturated heterocycles. The summed E-state index contributed by atoms with van der Waals surface area (Å²) in [5.74, 6) is 0.693. The number of carbonyl (C=O) groups excluding carboxylic acids is 1. The van der Waals surface area contributed by atoms with Crippen molar-refractivity contribution in [3.05, 3.63) is 24.3 Å². The van der Waals surface area contributed by atoms with Crippen molar-refractivity contribution < 1.29 is 14.3 Å². The van der Waals surface area contributed by atoms with E-state index in [0.29, 0.717) is 12.2 Å². The molecule has 98 valence electrons. The van der Waals surface area contributed by atoms with Crippen LogP contribution in [0.25, 0.3) is 0 Å². The van der Waals surface area contributed by atoms with Crippen molar-refractivity contribution in [2.45, 2.75) is 31.8 Å². The first-order valence-corrected chi connectivity index (χ1v) is 6.34. The topological polar surface area (TPSA) is 47.6 Å². The van der Waals surface area contributed by atoms with E-state index in [4.69, 9.17) is 9.47 Å². The van der Waals surface area contributed by atoms with E-state index >= 15 is 0 Å². The van der Waals surface area contributed by atoms with Crippen molar-refractivity contribution in [1.29, 1.82) is 0 Å². The van der Waals surface area contributed by atoms with Crippen molar-refractivity contribution in [3.8, 4) is 5.75 Å². The number of benzene rings is 1. The Labute approximate surface area is 107 Å². The Morgan fingerprint density at radius 1 is 1.50 bits per heavy atom. The van der Waals surface area contributed by atoms with Gasteiger partial charge in [0.1, 0.15) is 5.75 Å². The molecule has 1 aliphatic heterocycles. The fraction of sp³-hybridized carbons (Fsp3) is 0.500. The van der Waals surface area contributed by atoms with E-state index in [1.807, 2.05) is 24.3 Å². The molecule has 0 spiro atoms. The van der Waals surface area contributed by atoms with Crippen molar-refractivity contribution in [2.24, 2.45) is 0 Å². The molecule has 0 unspecified atom stereocenters. The normalized spacial score (nSPS) is 18.6. The number of anilines is 1. The zero-order chi connectivity index (χ0) is 12.8. The van der Waals surface area contributed by atoms with Crippen molar-refractivity contribution in [3.63, 3.8) is 0 Å². The molecule has 0 bridgehead atoms. The Balaban J connectivity index is 1.82. The first-order chi connectivity index (χ1) is 8.79. The van der Waals surface area contributed by atoms with Gasteiger partial charge in [0.25, 0.3) is 0 Å². The van der Waals surface area contributed by atoms with E-state index in [9.17, 15) is 4.79 Å². The molecule has 0 saturated carbocycles. The molecule has 18 heavy (non-hydrogen) atoms. The highest BCUT2D eigenvalue weighted by Gasteiger charge is 2.17. The molecule has 0 aliphatic carbocycles. The lowest BCUT2D eigenvalue weighted by molar-refractivity contribution is -0.116. The Morgan fingerprint density at radius 2 is 2.33 bits per heavy atom. The zero-order valence-electron chi connectivity index (χ0n) is 10.6. The second-order valence-corrected chi connectivity index (χ2v) is 4.42. The minimum atomic E-state index is 0.00926. The minimum absolute atomic E-state index is 0.00926. The van der Waals surface area contributed by atoms with Gasteiger partial charge in [0.05, 0.1) is 18.9 Å². The average Bonchev–Trinajstić information content (AvgIpc) is 2.90. The van der Waals surface area contributed by atoms with Gasteiger partial charge in [0, 0.05) is 13.0 Å². The molecule has 1 aliphatic rings. The van der Waals surface area contributed by atoms with Crippen LogP contribution in [0.1, 0.15) is 25.7 Å². The SMILES string of the molecule is COc1ccccc1NC(=O)CC[C@@H]1CCCO1. The van der Waals surface area contributed by atoms with Crippen LogP contribution in [0.15, 0.2) is 24.3 Å². The summed E-state index contributed by atoms with van der Waals surface area (Å²) < 4.78 is 10.7. The van der Waals surface area contributed by atoms with E-state index in [2.05, 4.69) is 5.32 Å². The fourth-order valence-corrected chi connectivity index (χ4v) is 2.12. The number of hydrogen-bond donors (Lipinski definition) is 1. The van der Waals surface area contributed by atoms with Crippen LogP contribution in [0.2, 0.25) is 0 Å². The lowest BCUT2D eigenvalue weighted by Crippen LogP contribution is -2.15. The molecule has 1 amide bonds. The highest BCUT2D eigenvalue weighted by atomic mass is 16.5. The lowest BCUT2D eigenvalue weighted by atomic mass is 10.1. The number of para-hydroxylation sites is 2. The van der Waals surface area contributed by atoms with Crippen LogP contribution in [0.4, 0.5) is 5.69 Å². The number of ether oxygens (including phenoxy) is 2. The minimum Gasteiger partial charge on any atom is -0.495 e. The fourth-order valence-electron chi connectivity index (χ4n) is 2.12. The summed E-state index contributed by atoms with van der Waals surface area (Å²) >= 11 is 0. The Morgan fingerprint density at radius 3 is 3.06 bits per heavy atom. The quantitative estimate of drug-likeness (QED) is 0.872. The monoisotopic (exact) mass is 249 g/mol. The van der Waals surface area contributed by atoms with Gasteiger partial charge >= 0.3 is 0 Å². The molecule has 1 heterocycles. The van der Waals surface area contributed by atoms with Gasteiger partial charge in [-0.15, -0.1) is 0 Å². The van der Waals surface area contributed by atoms with Gasteiger partial charge in [0.15, 0.2) is 0 Å². The third kappa shape index (κ3) is 3.47. The molecule has 1 aromatic rings. The summed E-state index contributed by atoms with van der Waals surface area (Å²) in [7, 11) is 1.59. The van der Waals surface area contributed by atoms with Gasteiger partial charge in [-0.1, -0.05) is 12.1 Å². The van der Waals surface area contributed by atoms with Crippen LogP contribution in [0.3, 0.4) is 0 Å². The maximum Gasteiger partial charge on any atom is 0.224 e. The van der Waals surface area contributed by atoms with Crippen LogP contribution < -0.4 is 10.1 Å². The molecule has 1 aromatic carbocycles. The molecule has 4 heteroatoms. The van der Waals surface area contributed by atoms with Crippen molar-refractivity contribution in [2.75, 3.05) is 19.0 Å². The maximum absolute atomic E-state index is 11.8. The van der Waals surface area contributed by atoms with Gasteiger partial charge in [-0.2, -0.15) is 0 Å². The van der Waals surface area contributed by atoms with E-state index in [1.54, 1.807) is 7.11 Å². The van der Waals surface area contributed by atoms with Crippen LogP contribution in [-0.4, -0.2) is 25.7 Å². The molecular formula is C14H19NO3. The zero-order valence-corrected chi connectivity index (χ0v) is 10.6. The predicted molar refractivity (Wildman–Crippen MR) is 69.8 cm³/mol. The Bertz CT molecular complexity index is 400. The molecule has 1 N–H and O–H groups in total. The second kappa shape index (κ2) is 6.40. The number of methoxy groups -OCH3 is 1. The molecule has 0 aromatic heterocycles. The van der Waals surface area contributed by atoms with E-state index in [0.717, 1.165) is 31.6 Å². The van der Waals surface area contributed by atoms with Gasteiger partial charge < -0.3 is 14.8 Å². The summed E-state index contributed by atoms with van der Waals surface area (Å²) in [6.07, 6.45) is 3.72. The highest BCUT2D eigenvalue weighted by Crippen LogP contribution is 2.23. The molecule has 1 atom stereocenters. The Kier molecular flexibility index (Phi) is 4.59. The highest BCUT2D eigenvalue weighted by molar-refractivity contribution is 5.92. The smallest absolute Gasteiger partial charge is 0.224 e. The first-order valence-electron chi connectivity index (χ1n) is 6.34. The van der Waals surface area contributed by atoms with E-state index in [-0.39, 0.29) is 12.0 Å². The molecule has 2 rings (SSSR count). The molecule has 0 radical (unpaired) electrons. The summed E-state index contributed by atoms with van der Waals surface area (Å²) in [6, 6.07) is 7.41. The second-order valence-electron chi connectivity index (χ2n) is 4.42. The average molecular weight is 249 g/mol. The molecular weight excluding hydrogens is 230 g/mol. The van der Waals surface area contributed by atoms with Crippen LogP contribution in [0.5, 0.6) is 5.75 Å².